The van der Waals surface area contributed by atoms with Crippen molar-refractivity contribution in [3.05, 3.63) is 24.3 Å². The van der Waals surface area contributed by atoms with Crippen LogP contribution in [0.15, 0.2) is 24.3 Å². The van der Waals surface area contributed by atoms with Gasteiger partial charge in [-0.1, -0.05) is 250 Å². The SMILES string of the molecule is CCCCCCCCCC/C=C\CCCCCCCCCCCCCCCC(=O)NC(COP(=O)([O-])OCC[N+](C)(C)C)C(O)/C=C/CCCCCCCCCCCCCCCCCC. The number of quaternary nitrogens is 1. The van der Waals surface area contributed by atoms with Crippen LogP contribution in [0.4, 0.5) is 0 Å². The van der Waals surface area contributed by atoms with Crippen molar-refractivity contribution in [2.24, 2.45) is 0 Å². The van der Waals surface area contributed by atoms with E-state index in [2.05, 4.69) is 31.3 Å². The number of amides is 1. The molecule has 0 heterocycles. The van der Waals surface area contributed by atoms with E-state index in [0.29, 0.717) is 17.4 Å². The van der Waals surface area contributed by atoms with Crippen molar-refractivity contribution in [3.63, 3.8) is 0 Å². The van der Waals surface area contributed by atoms with Gasteiger partial charge in [-0.05, 0) is 44.9 Å². The van der Waals surface area contributed by atoms with Crippen LogP contribution in [-0.4, -0.2) is 68.5 Å². The number of likely N-dealkylation sites (N-methyl/N-ethyl adjacent to an activating group) is 1. The largest absolute Gasteiger partial charge is 0.756 e. The highest BCUT2D eigenvalue weighted by Crippen LogP contribution is 2.38. The van der Waals surface area contributed by atoms with E-state index in [9.17, 15) is 19.4 Å². The average Bonchev–Trinajstić information content (AvgIpc) is 3.26. The molecule has 0 aromatic heterocycles. The summed E-state index contributed by atoms with van der Waals surface area (Å²) in [7, 11) is 1.27. The van der Waals surface area contributed by atoms with Crippen LogP contribution in [-0.2, 0) is 18.4 Å². The number of hydrogen-bond donors (Lipinski definition) is 2. The summed E-state index contributed by atoms with van der Waals surface area (Å²) >= 11 is 0. The smallest absolute Gasteiger partial charge is 0.268 e. The number of nitrogens with zero attached hydrogens (tertiary/aromatic N) is 1. The van der Waals surface area contributed by atoms with Crippen LogP contribution in [0.5, 0.6) is 0 Å². The van der Waals surface area contributed by atoms with Crippen molar-refractivity contribution in [2.75, 3.05) is 40.9 Å². The second-order valence-electron chi connectivity index (χ2n) is 20.6. The second-order valence-corrected chi connectivity index (χ2v) is 22.1. The van der Waals surface area contributed by atoms with Crippen LogP contribution in [0.2, 0.25) is 0 Å². The lowest BCUT2D eigenvalue weighted by molar-refractivity contribution is -0.870. The molecule has 0 spiro atoms. The molecule has 0 fully saturated rings. The maximum absolute atomic E-state index is 13.0. The molecule has 386 valence electrons. The molecule has 9 heteroatoms. The van der Waals surface area contributed by atoms with Gasteiger partial charge in [0.2, 0.25) is 5.91 Å². The number of aliphatic hydroxyl groups excluding tert-OH is 1. The molecule has 8 nitrogen and oxygen atoms in total. The van der Waals surface area contributed by atoms with Gasteiger partial charge in [0.05, 0.1) is 39.9 Å². The molecule has 3 atom stereocenters. The number of aliphatic hydroxyl groups is 1. The lowest BCUT2D eigenvalue weighted by Crippen LogP contribution is -2.45. The molecule has 0 bridgehead atoms. The van der Waals surface area contributed by atoms with Crippen molar-refractivity contribution in [1.29, 1.82) is 0 Å². The van der Waals surface area contributed by atoms with Gasteiger partial charge in [-0.3, -0.25) is 9.36 Å². The molecule has 3 unspecified atom stereocenters. The standard InChI is InChI=1S/C56H111N2O6P/c1-6-8-10-12-14-16-18-20-22-24-26-27-28-29-30-31-32-34-36-38-40-42-44-46-48-50-56(60)57-54(53-64-65(61,62)63-52-51-58(3,4)5)55(59)49-47-45-43-41-39-37-35-33-25-23-21-19-17-15-13-11-9-7-2/h24,26,47,49,54-55,59H,6-23,25,27-46,48,50-53H2,1-5H3,(H-,57,60,61,62)/b26-24-,49-47+. The minimum Gasteiger partial charge on any atom is -0.756 e. The van der Waals surface area contributed by atoms with Crippen LogP contribution < -0.4 is 10.2 Å². The molecule has 0 aliphatic heterocycles. The van der Waals surface area contributed by atoms with Crippen molar-refractivity contribution in [1.82, 2.24) is 5.32 Å². The minimum absolute atomic E-state index is 0.000968. The molecule has 0 aliphatic carbocycles. The summed E-state index contributed by atoms with van der Waals surface area (Å²) in [6, 6.07) is -0.884. The van der Waals surface area contributed by atoms with Gasteiger partial charge in [0.25, 0.3) is 7.82 Å². The Morgan fingerprint density at radius 3 is 1.20 bits per heavy atom. The second kappa shape index (κ2) is 48.0. The molecule has 1 amide bonds. The Kier molecular flexibility index (Phi) is 47.3. The highest BCUT2D eigenvalue weighted by molar-refractivity contribution is 7.45. The summed E-state index contributed by atoms with van der Waals surface area (Å²) in [6.07, 6.45) is 59.6. The van der Waals surface area contributed by atoms with Crippen LogP contribution in [0, 0.1) is 0 Å². The summed E-state index contributed by atoms with van der Waals surface area (Å²) in [6.45, 7) is 4.68. The van der Waals surface area contributed by atoms with Crippen molar-refractivity contribution >= 4 is 13.7 Å². The molecule has 0 aromatic carbocycles. The van der Waals surface area contributed by atoms with Gasteiger partial charge in [0.15, 0.2) is 0 Å². The topological polar surface area (TPSA) is 108 Å². The first-order chi connectivity index (χ1) is 31.5. The number of carbonyl (C=O) groups is 1. The number of allylic oxidation sites excluding steroid dienone is 3. The Morgan fingerprint density at radius 1 is 0.523 bits per heavy atom. The molecular weight excluding hydrogens is 828 g/mol. The highest BCUT2D eigenvalue weighted by atomic mass is 31.2. The Balaban J connectivity index is 4.19. The van der Waals surface area contributed by atoms with E-state index in [1.807, 2.05) is 27.2 Å². The number of hydrogen-bond acceptors (Lipinski definition) is 6. The zero-order valence-electron chi connectivity index (χ0n) is 44.0. The molecule has 2 N–H and O–H groups in total. The van der Waals surface area contributed by atoms with Gasteiger partial charge in [-0.15, -0.1) is 0 Å². The minimum atomic E-state index is -4.59. The van der Waals surface area contributed by atoms with E-state index >= 15 is 0 Å². The normalized spacial score (nSPS) is 14.1. The van der Waals surface area contributed by atoms with Crippen LogP contribution >= 0.6 is 7.82 Å². The first-order valence-corrected chi connectivity index (χ1v) is 29.7. The summed E-state index contributed by atoms with van der Waals surface area (Å²) in [5.74, 6) is -0.193. The van der Waals surface area contributed by atoms with E-state index in [1.54, 1.807) is 6.08 Å². The summed E-state index contributed by atoms with van der Waals surface area (Å²) in [4.78, 5) is 25.5. The fraction of sp³-hybridized carbons (Fsp3) is 0.911. The van der Waals surface area contributed by atoms with E-state index < -0.39 is 20.0 Å². The number of unbranched alkanes of at least 4 members (excludes halogenated alkanes) is 37. The van der Waals surface area contributed by atoms with Crippen molar-refractivity contribution in [3.8, 4) is 0 Å². The van der Waals surface area contributed by atoms with Crippen molar-refractivity contribution < 1.29 is 32.9 Å². The van der Waals surface area contributed by atoms with E-state index in [4.69, 9.17) is 9.05 Å². The molecule has 0 rings (SSSR count). The van der Waals surface area contributed by atoms with Gasteiger partial charge in [0, 0.05) is 6.42 Å². The molecular formula is C56H111N2O6P. The number of phosphoric ester groups is 1. The monoisotopic (exact) mass is 939 g/mol. The number of nitrogens with one attached hydrogen (secondary N) is 1. The molecule has 65 heavy (non-hydrogen) atoms. The fourth-order valence-corrected chi connectivity index (χ4v) is 9.17. The first-order valence-electron chi connectivity index (χ1n) is 28.2. The van der Waals surface area contributed by atoms with E-state index in [1.165, 1.54) is 218 Å². The van der Waals surface area contributed by atoms with Crippen LogP contribution in [0.3, 0.4) is 0 Å². The predicted molar refractivity (Wildman–Crippen MR) is 279 cm³/mol. The quantitative estimate of drug-likeness (QED) is 0.0272. The van der Waals surface area contributed by atoms with Gasteiger partial charge in [-0.2, -0.15) is 0 Å². The number of carbonyl (C=O) groups excluding carboxylic acids is 1. The van der Waals surface area contributed by atoms with Gasteiger partial charge >= 0.3 is 0 Å². The Morgan fingerprint density at radius 2 is 0.846 bits per heavy atom. The summed E-state index contributed by atoms with van der Waals surface area (Å²) < 4.78 is 23.3. The number of phosphoric acid groups is 1. The molecule has 0 saturated carbocycles. The maximum atomic E-state index is 13.0. The Bertz CT molecular complexity index is 1110. The van der Waals surface area contributed by atoms with Crippen LogP contribution in [0.25, 0.3) is 0 Å². The third-order valence-electron chi connectivity index (χ3n) is 12.9. The van der Waals surface area contributed by atoms with E-state index in [0.717, 1.165) is 38.5 Å². The van der Waals surface area contributed by atoms with Gasteiger partial charge in [0.1, 0.15) is 13.2 Å². The lowest BCUT2D eigenvalue weighted by Gasteiger charge is -2.29. The zero-order chi connectivity index (χ0) is 47.8. The molecule has 0 aromatic rings. The Labute approximate surface area is 404 Å². The van der Waals surface area contributed by atoms with Gasteiger partial charge < -0.3 is 28.8 Å². The predicted octanol–water partition coefficient (Wildman–Crippen LogP) is 16.2. The Hall–Kier alpha value is -1.02. The molecule has 0 aliphatic rings. The molecule has 0 saturated heterocycles. The first kappa shape index (κ1) is 64.0. The van der Waals surface area contributed by atoms with Crippen molar-refractivity contribution in [2.45, 2.75) is 289 Å². The third-order valence-corrected chi connectivity index (χ3v) is 13.9. The third kappa shape index (κ3) is 50.7. The van der Waals surface area contributed by atoms with E-state index in [-0.39, 0.29) is 19.1 Å². The fourth-order valence-electron chi connectivity index (χ4n) is 8.44. The van der Waals surface area contributed by atoms with Crippen LogP contribution in [0.1, 0.15) is 277 Å². The summed E-state index contributed by atoms with van der Waals surface area (Å²) in [5.41, 5.74) is 0. The zero-order valence-corrected chi connectivity index (χ0v) is 44.9. The average molecular weight is 939 g/mol. The lowest BCUT2D eigenvalue weighted by atomic mass is 10.0. The molecule has 0 radical (unpaired) electrons. The number of rotatable bonds is 52. The highest BCUT2D eigenvalue weighted by Gasteiger charge is 2.23. The van der Waals surface area contributed by atoms with Gasteiger partial charge in [-0.25, -0.2) is 0 Å². The maximum Gasteiger partial charge on any atom is 0.268 e. The summed E-state index contributed by atoms with van der Waals surface area (Å²) in [5, 5.41) is 13.9.